The van der Waals surface area contributed by atoms with Gasteiger partial charge in [0.05, 0.1) is 28.4 Å². The lowest BCUT2D eigenvalue weighted by Crippen LogP contribution is -2.11. The maximum Gasteiger partial charge on any atom is 0.203 e. The summed E-state index contributed by atoms with van der Waals surface area (Å²) in [6, 6.07) is 8.28. The third-order valence-electron chi connectivity index (χ3n) is 3.66. The monoisotopic (exact) mass is 350 g/mol. The topological polar surface area (TPSA) is 86.6 Å². The predicted molar refractivity (Wildman–Crippen MR) is 91.2 cm³/mol. The molecule has 7 heteroatoms. The molecule has 0 saturated heterocycles. The molecule has 0 heterocycles. The zero-order valence-electron chi connectivity index (χ0n) is 14.6. The van der Waals surface area contributed by atoms with Crippen LogP contribution in [0.4, 0.5) is 0 Å². The Morgan fingerprint density at radius 3 is 1.76 bits per heavy atom. The molecule has 0 bridgehead atoms. The van der Waals surface area contributed by atoms with E-state index in [1.807, 2.05) is 0 Å². The highest BCUT2D eigenvalue weighted by atomic mass is 16.5. The van der Waals surface area contributed by atoms with E-state index in [-0.39, 0.29) is 23.9 Å². The number of hydrogen-bond acceptors (Lipinski definition) is 7. The molecule has 0 radical (unpaired) electrons. The van der Waals surface area contributed by atoms with Crippen molar-refractivity contribution >= 4 is 0 Å². The fourth-order valence-electron chi connectivity index (χ4n) is 2.32. The van der Waals surface area contributed by atoms with Crippen LogP contribution in [0, 0.1) is 0 Å². The van der Waals surface area contributed by atoms with Crippen molar-refractivity contribution in [2.75, 3.05) is 35.0 Å². The first-order valence-electron chi connectivity index (χ1n) is 7.52. The second-order valence-corrected chi connectivity index (χ2v) is 5.09. The normalized spacial score (nSPS) is 11.6. The van der Waals surface area contributed by atoms with Gasteiger partial charge < -0.3 is 33.9 Å². The molecule has 0 aliphatic heterocycles. The zero-order valence-corrected chi connectivity index (χ0v) is 14.6. The number of rotatable bonds is 8. The Labute approximate surface area is 146 Å². The third kappa shape index (κ3) is 4.00. The van der Waals surface area contributed by atoms with Crippen LogP contribution in [0.2, 0.25) is 0 Å². The van der Waals surface area contributed by atoms with E-state index in [1.54, 1.807) is 18.2 Å². The van der Waals surface area contributed by atoms with Crippen molar-refractivity contribution < 1.29 is 33.9 Å². The largest absolute Gasteiger partial charge is 0.502 e. The smallest absolute Gasteiger partial charge is 0.203 e. The molecule has 0 spiro atoms. The van der Waals surface area contributed by atoms with Crippen LogP contribution in [0.15, 0.2) is 30.3 Å². The molecule has 1 unspecified atom stereocenters. The average Bonchev–Trinajstić information content (AvgIpc) is 2.65. The SMILES string of the molecule is COc1cc(C(O)COc2c(OC)cccc2OC)cc(OC)c1O. The Hall–Kier alpha value is -2.80. The van der Waals surface area contributed by atoms with E-state index in [0.717, 1.165) is 0 Å². The van der Waals surface area contributed by atoms with E-state index in [1.165, 1.54) is 40.6 Å². The van der Waals surface area contributed by atoms with E-state index in [9.17, 15) is 10.2 Å². The minimum Gasteiger partial charge on any atom is -0.502 e. The van der Waals surface area contributed by atoms with Gasteiger partial charge >= 0.3 is 0 Å². The third-order valence-corrected chi connectivity index (χ3v) is 3.66. The molecule has 0 amide bonds. The summed E-state index contributed by atoms with van der Waals surface area (Å²) in [6.07, 6.45) is -0.988. The maximum absolute atomic E-state index is 10.4. The van der Waals surface area contributed by atoms with Gasteiger partial charge in [-0.3, -0.25) is 0 Å². The van der Waals surface area contributed by atoms with E-state index in [4.69, 9.17) is 23.7 Å². The number of aromatic hydroxyl groups is 1. The Bertz CT molecular complexity index is 667. The summed E-state index contributed by atoms with van der Waals surface area (Å²) in [7, 11) is 5.88. The Kier molecular flexibility index (Phi) is 6.19. The maximum atomic E-state index is 10.4. The van der Waals surface area contributed by atoms with Crippen LogP contribution in [-0.4, -0.2) is 45.3 Å². The number of ether oxygens (including phenoxy) is 5. The first-order chi connectivity index (χ1) is 12.0. The molecule has 2 rings (SSSR count). The van der Waals surface area contributed by atoms with Gasteiger partial charge in [-0.2, -0.15) is 0 Å². The lowest BCUT2D eigenvalue weighted by molar-refractivity contribution is 0.104. The first-order valence-corrected chi connectivity index (χ1v) is 7.52. The molecule has 0 aliphatic carbocycles. The van der Waals surface area contributed by atoms with Gasteiger partial charge in [-0.25, -0.2) is 0 Å². The molecule has 2 aromatic carbocycles. The lowest BCUT2D eigenvalue weighted by atomic mass is 10.1. The summed E-state index contributed by atoms with van der Waals surface area (Å²) in [4.78, 5) is 0. The van der Waals surface area contributed by atoms with Crippen LogP contribution < -0.4 is 23.7 Å². The summed E-state index contributed by atoms with van der Waals surface area (Å²) < 4.78 is 26.4. The first kappa shape index (κ1) is 18.5. The average molecular weight is 350 g/mol. The molecule has 0 fully saturated rings. The number of benzene rings is 2. The van der Waals surface area contributed by atoms with Crippen molar-refractivity contribution in [1.82, 2.24) is 0 Å². The minimum absolute atomic E-state index is 0.0617. The van der Waals surface area contributed by atoms with Crippen LogP contribution in [0.3, 0.4) is 0 Å². The highest BCUT2D eigenvalue weighted by Crippen LogP contribution is 2.40. The van der Waals surface area contributed by atoms with Crippen molar-refractivity contribution in [3.63, 3.8) is 0 Å². The molecule has 25 heavy (non-hydrogen) atoms. The summed E-state index contributed by atoms with van der Waals surface area (Å²) in [6.45, 7) is -0.0617. The minimum atomic E-state index is -0.988. The molecule has 1 atom stereocenters. The quantitative estimate of drug-likeness (QED) is 0.756. The Balaban J connectivity index is 2.22. The standard InChI is InChI=1S/C18H22O7/c1-21-13-6-5-7-14(22-2)18(13)25-10-12(19)11-8-15(23-3)17(20)16(9-11)24-4/h5-9,12,19-20H,10H2,1-4H3. The van der Waals surface area contributed by atoms with Crippen molar-refractivity contribution in [1.29, 1.82) is 0 Å². The molecular formula is C18H22O7. The number of hydrogen-bond donors (Lipinski definition) is 2. The van der Waals surface area contributed by atoms with Gasteiger partial charge in [-0.1, -0.05) is 6.07 Å². The highest BCUT2D eigenvalue weighted by molar-refractivity contribution is 5.53. The van der Waals surface area contributed by atoms with Crippen LogP contribution in [0.25, 0.3) is 0 Å². The number of phenols is 1. The van der Waals surface area contributed by atoms with Gasteiger partial charge in [0.1, 0.15) is 12.7 Å². The van der Waals surface area contributed by atoms with Gasteiger partial charge in [0.25, 0.3) is 0 Å². The van der Waals surface area contributed by atoms with Gasteiger partial charge in [-0.05, 0) is 29.8 Å². The molecule has 2 aromatic rings. The molecule has 7 nitrogen and oxygen atoms in total. The second kappa shape index (κ2) is 8.34. The van der Waals surface area contributed by atoms with Gasteiger partial charge in [0.2, 0.25) is 11.5 Å². The number of phenolic OH excluding ortho intramolecular Hbond substituents is 1. The summed E-state index contributed by atoms with van der Waals surface area (Å²) in [5, 5.41) is 20.4. The van der Waals surface area contributed by atoms with Crippen molar-refractivity contribution in [2.45, 2.75) is 6.10 Å². The summed E-state index contributed by atoms with van der Waals surface area (Å²) in [5.41, 5.74) is 0.473. The second-order valence-electron chi connectivity index (χ2n) is 5.09. The summed E-state index contributed by atoms with van der Waals surface area (Å²) in [5.74, 6) is 1.64. The van der Waals surface area contributed by atoms with Crippen LogP contribution in [-0.2, 0) is 0 Å². The number of aliphatic hydroxyl groups is 1. The van der Waals surface area contributed by atoms with Crippen LogP contribution in [0.1, 0.15) is 11.7 Å². The van der Waals surface area contributed by atoms with Gasteiger partial charge in [0, 0.05) is 0 Å². The fraction of sp³-hybridized carbons (Fsp3) is 0.333. The van der Waals surface area contributed by atoms with E-state index in [2.05, 4.69) is 0 Å². The Morgan fingerprint density at radius 1 is 0.840 bits per heavy atom. The van der Waals surface area contributed by atoms with Crippen molar-refractivity contribution in [2.24, 2.45) is 0 Å². The highest BCUT2D eigenvalue weighted by Gasteiger charge is 2.18. The zero-order chi connectivity index (χ0) is 18.4. The molecule has 2 N–H and O–H groups in total. The number of methoxy groups -OCH3 is 4. The van der Waals surface area contributed by atoms with Crippen LogP contribution in [0.5, 0.6) is 34.5 Å². The summed E-state index contributed by atoms with van der Waals surface area (Å²) >= 11 is 0. The number of para-hydroxylation sites is 1. The van der Waals surface area contributed by atoms with E-state index >= 15 is 0 Å². The molecule has 0 saturated carbocycles. The Morgan fingerprint density at radius 2 is 1.32 bits per heavy atom. The fourth-order valence-corrected chi connectivity index (χ4v) is 2.32. The van der Waals surface area contributed by atoms with Crippen molar-refractivity contribution in [3.8, 4) is 34.5 Å². The lowest BCUT2D eigenvalue weighted by Gasteiger charge is -2.18. The molecular weight excluding hydrogens is 328 g/mol. The predicted octanol–water partition coefficient (Wildman–Crippen LogP) is 2.54. The van der Waals surface area contributed by atoms with Gasteiger partial charge in [-0.15, -0.1) is 0 Å². The van der Waals surface area contributed by atoms with E-state index < -0.39 is 6.10 Å². The van der Waals surface area contributed by atoms with Gasteiger partial charge in [0.15, 0.2) is 23.0 Å². The van der Waals surface area contributed by atoms with Crippen molar-refractivity contribution in [3.05, 3.63) is 35.9 Å². The number of aliphatic hydroxyl groups excluding tert-OH is 1. The molecule has 0 aromatic heterocycles. The molecule has 0 aliphatic rings. The molecule has 136 valence electrons. The van der Waals surface area contributed by atoms with E-state index in [0.29, 0.717) is 22.8 Å². The van der Waals surface area contributed by atoms with Crippen LogP contribution >= 0.6 is 0 Å².